The zero-order valence-electron chi connectivity index (χ0n) is 15.0. The number of anilines is 1. The van der Waals surface area contributed by atoms with Crippen molar-refractivity contribution in [1.82, 2.24) is 25.2 Å². The van der Waals surface area contributed by atoms with Crippen LogP contribution in [0.15, 0.2) is 48.7 Å². The van der Waals surface area contributed by atoms with Crippen molar-refractivity contribution in [3.05, 3.63) is 60.3 Å². The van der Waals surface area contributed by atoms with Gasteiger partial charge in [-0.1, -0.05) is 12.1 Å². The van der Waals surface area contributed by atoms with Crippen molar-refractivity contribution in [1.29, 1.82) is 0 Å². The minimum Gasteiger partial charge on any atom is -0.504 e. The first-order valence-electron chi connectivity index (χ1n) is 8.35. The summed E-state index contributed by atoms with van der Waals surface area (Å²) in [6, 6.07) is 10.1. The average molecular weight is 396 g/mol. The molecule has 3 N–H and O–H groups in total. The Bertz CT molecular complexity index is 1210. The van der Waals surface area contributed by atoms with Crippen LogP contribution in [0, 0.1) is 11.6 Å². The number of phenols is 1. The summed E-state index contributed by atoms with van der Waals surface area (Å²) in [5, 5.41) is 21.0. The van der Waals surface area contributed by atoms with Gasteiger partial charge in [0.15, 0.2) is 29.0 Å². The number of phenolic OH excluding ortho intramolecular Hbond substituents is 1. The van der Waals surface area contributed by atoms with Crippen LogP contribution in [0.25, 0.3) is 28.2 Å². The molecule has 0 aliphatic carbocycles. The fourth-order valence-corrected chi connectivity index (χ4v) is 2.84. The molecular formula is C19H14F2N6O2. The summed E-state index contributed by atoms with van der Waals surface area (Å²) in [6.45, 7) is 0. The molecule has 2 aromatic carbocycles. The van der Waals surface area contributed by atoms with E-state index in [0.717, 1.165) is 10.7 Å². The zero-order chi connectivity index (χ0) is 20.5. The van der Waals surface area contributed by atoms with Gasteiger partial charge in [0.05, 0.1) is 12.7 Å². The summed E-state index contributed by atoms with van der Waals surface area (Å²) >= 11 is 0. The molecule has 4 aromatic rings. The number of nitrogens with zero attached hydrogens (tertiary/aromatic N) is 5. The lowest BCUT2D eigenvalue weighted by molar-refractivity contribution is 0.373. The van der Waals surface area contributed by atoms with Gasteiger partial charge >= 0.3 is 0 Å². The second kappa shape index (κ2) is 7.15. The molecule has 2 aromatic heterocycles. The Morgan fingerprint density at radius 1 is 1.10 bits per heavy atom. The van der Waals surface area contributed by atoms with E-state index < -0.39 is 11.6 Å². The molecule has 0 aliphatic rings. The van der Waals surface area contributed by atoms with Crippen LogP contribution in [-0.4, -0.2) is 37.4 Å². The third kappa shape index (κ3) is 3.20. The van der Waals surface area contributed by atoms with E-state index in [1.54, 1.807) is 18.2 Å². The highest BCUT2D eigenvalue weighted by Gasteiger charge is 2.19. The highest BCUT2D eigenvalue weighted by Crippen LogP contribution is 2.34. The Labute approximate surface area is 163 Å². The molecule has 4 rings (SSSR count). The number of rotatable bonds is 4. The topological polar surface area (TPSA) is 112 Å². The molecule has 0 bridgehead atoms. The largest absolute Gasteiger partial charge is 0.504 e. The zero-order valence-corrected chi connectivity index (χ0v) is 15.0. The molecule has 0 radical (unpaired) electrons. The normalized spacial score (nSPS) is 10.9. The van der Waals surface area contributed by atoms with Gasteiger partial charge in [0.1, 0.15) is 11.5 Å². The molecule has 146 valence electrons. The van der Waals surface area contributed by atoms with E-state index in [1.165, 1.54) is 31.5 Å². The van der Waals surface area contributed by atoms with Gasteiger partial charge in [-0.3, -0.25) is 0 Å². The van der Waals surface area contributed by atoms with Crippen LogP contribution in [-0.2, 0) is 0 Å². The molecule has 0 unspecified atom stereocenters. The number of halogens is 2. The fraction of sp³-hybridized carbons (Fsp3) is 0.0526. The van der Waals surface area contributed by atoms with Gasteiger partial charge in [0.25, 0.3) is 0 Å². The number of ether oxygens (including phenoxy) is 1. The summed E-state index contributed by atoms with van der Waals surface area (Å²) in [4.78, 5) is 4.16. The quantitative estimate of drug-likeness (QED) is 0.545. The lowest BCUT2D eigenvalue weighted by Gasteiger charge is -2.11. The standard InChI is InChI=1S/C19H14F2N6O2/c1-29-16-8-10(5-6-15(16)28)11-7-12(18(22)23-9-11)19-24-25-26-27(19)14-4-2-3-13(20)17(14)21/h2-9,28H,1H3,(H2,22,23). The third-order valence-electron chi connectivity index (χ3n) is 4.30. The van der Waals surface area contributed by atoms with E-state index in [0.29, 0.717) is 16.7 Å². The monoisotopic (exact) mass is 396 g/mol. The Hall–Kier alpha value is -4.08. The number of aromatic nitrogens is 5. The van der Waals surface area contributed by atoms with Gasteiger partial charge in [-0.05, 0) is 46.3 Å². The van der Waals surface area contributed by atoms with Crippen LogP contribution in [0.3, 0.4) is 0 Å². The van der Waals surface area contributed by atoms with E-state index >= 15 is 0 Å². The Morgan fingerprint density at radius 3 is 2.72 bits per heavy atom. The predicted molar refractivity (Wildman–Crippen MR) is 100 cm³/mol. The minimum atomic E-state index is -1.09. The van der Waals surface area contributed by atoms with Crippen molar-refractivity contribution < 1.29 is 18.6 Å². The van der Waals surface area contributed by atoms with Crippen molar-refractivity contribution in [2.75, 3.05) is 12.8 Å². The smallest absolute Gasteiger partial charge is 0.190 e. The number of hydrogen-bond acceptors (Lipinski definition) is 7. The van der Waals surface area contributed by atoms with Crippen molar-refractivity contribution >= 4 is 5.82 Å². The highest BCUT2D eigenvalue weighted by atomic mass is 19.2. The molecule has 0 amide bonds. The molecule has 0 saturated heterocycles. The second-order valence-electron chi connectivity index (χ2n) is 6.03. The van der Waals surface area contributed by atoms with Gasteiger partial charge in [-0.2, -0.15) is 4.68 Å². The van der Waals surface area contributed by atoms with Crippen LogP contribution in [0.2, 0.25) is 0 Å². The first-order chi connectivity index (χ1) is 14.0. The lowest BCUT2D eigenvalue weighted by Crippen LogP contribution is -2.06. The molecule has 0 aliphatic heterocycles. The summed E-state index contributed by atoms with van der Waals surface area (Å²) in [5.41, 5.74) is 7.47. The summed E-state index contributed by atoms with van der Waals surface area (Å²) in [7, 11) is 1.44. The second-order valence-corrected chi connectivity index (χ2v) is 6.03. The fourth-order valence-electron chi connectivity index (χ4n) is 2.84. The summed E-state index contributed by atoms with van der Waals surface area (Å²) in [6.07, 6.45) is 1.53. The summed E-state index contributed by atoms with van der Waals surface area (Å²) < 4.78 is 34.1. The molecule has 0 fully saturated rings. The van der Waals surface area contributed by atoms with Crippen LogP contribution < -0.4 is 10.5 Å². The van der Waals surface area contributed by atoms with E-state index in [-0.39, 0.29) is 28.8 Å². The van der Waals surface area contributed by atoms with Crippen LogP contribution in [0.4, 0.5) is 14.6 Å². The number of nitrogen functional groups attached to an aromatic ring is 1. The molecule has 2 heterocycles. The molecule has 0 atom stereocenters. The van der Waals surface area contributed by atoms with E-state index in [9.17, 15) is 13.9 Å². The molecule has 0 saturated carbocycles. The number of methoxy groups -OCH3 is 1. The van der Waals surface area contributed by atoms with Crippen LogP contribution in [0.1, 0.15) is 0 Å². The maximum Gasteiger partial charge on any atom is 0.190 e. The Balaban J connectivity index is 1.85. The summed E-state index contributed by atoms with van der Waals surface area (Å²) in [5.74, 6) is -1.65. The number of nitrogens with two attached hydrogens (primary N) is 1. The Kier molecular flexibility index (Phi) is 4.51. The average Bonchev–Trinajstić information content (AvgIpc) is 3.20. The number of tetrazole rings is 1. The van der Waals surface area contributed by atoms with Gasteiger partial charge in [-0.15, -0.1) is 5.10 Å². The maximum absolute atomic E-state index is 14.3. The van der Waals surface area contributed by atoms with Gasteiger partial charge < -0.3 is 15.6 Å². The molecule has 29 heavy (non-hydrogen) atoms. The first-order valence-corrected chi connectivity index (χ1v) is 8.35. The number of hydrogen-bond donors (Lipinski definition) is 2. The molecule has 0 spiro atoms. The lowest BCUT2D eigenvalue weighted by atomic mass is 10.0. The first kappa shape index (κ1) is 18.3. The number of pyridine rings is 1. The Morgan fingerprint density at radius 2 is 1.93 bits per heavy atom. The van der Waals surface area contributed by atoms with Crippen LogP contribution in [0.5, 0.6) is 11.5 Å². The van der Waals surface area contributed by atoms with Gasteiger partial charge in [-0.25, -0.2) is 13.8 Å². The SMILES string of the molecule is COc1cc(-c2cnc(N)c(-c3nnnn3-c3cccc(F)c3F)c2)ccc1O. The third-order valence-corrected chi connectivity index (χ3v) is 4.30. The van der Waals surface area contributed by atoms with Crippen molar-refractivity contribution in [2.45, 2.75) is 0 Å². The molecule has 10 heteroatoms. The van der Waals surface area contributed by atoms with E-state index in [2.05, 4.69) is 20.5 Å². The number of aromatic hydroxyl groups is 1. The van der Waals surface area contributed by atoms with Gasteiger partial charge in [0.2, 0.25) is 0 Å². The number of benzene rings is 2. The highest BCUT2D eigenvalue weighted by molar-refractivity contribution is 5.77. The van der Waals surface area contributed by atoms with Gasteiger partial charge in [0, 0.05) is 11.8 Å². The van der Waals surface area contributed by atoms with Crippen molar-refractivity contribution in [3.8, 4) is 39.7 Å². The van der Waals surface area contributed by atoms with E-state index in [4.69, 9.17) is 10.5 Å². The van der Waals surface area contributed by atoms with E-state index in [1.807, 2.05) is 0 Å². The van der Waals surface area contributed by atoms with Crippen molar-refractivity contribution in [2.24, 2.45) is 0 Å². The predicted octanol–water partition coefficient (Wildman–Crippen LogP) is 2.97. The maximum atomic E-state index is 14.3. The molecule has 8 nitrogen and oxygen atoms in total. The van der Waals surface area contributed by atoms with Crippen LogP contribution >= 0.6 is 0 Å². The van der Waals surface area contributed by atoms with Crippen molar-refractivity contribution in [3.63, 3.8) is 0 Å². The minimum absolute atomic E-state index is 0.00889. The molecular weight excluding hydrogens is 382 g/mol.